The third-order valence-electron chi connectivity index (χ3n) is 5.71. The van der Waals surface area contributed by atoms with E-state index in [-0.39, 0.29) is 0 Å². The second-order valence-corrected chi connectivity index (χ2v) is 7.54. The molecule has 1 aromatic carbocycles. The SMILES string of the molecule is CC1CC[C](C2CC[C](c3cc(F)c(OC(F)(F)F)c(F)c3)CC2)CC1. The number of hydrogen-bond donors (Lipinski definition) is 0. The summed E-state index contributed by atoms with van der Waals surface area (Å²) in [5, 5.41) is 0. The highest BCUT2D eigenvalue weighted by Crippen LogP contribution is 2.45. The van der Waals surface area contributed by atoms with E-state index in [1.165, 1.54) is 25.7 Å². The van der Waals surface area contributed by atoms with Crippen molar-refractivity contribution in [2.24, 2.45) is 11.8 Å². The minimum atomic E-state index is -5.12. The molecule has 2 saturated carbocycles. The zero-order valence-corrected chi connectivity index (χ0v) is 14.8. The Morgan fingerprint density at radius 1 is 0.885 bits per heavy atom. The molecule has 2 fully saturated rings. The van der Waals surface area contributed by atoms with E-state index >= 15 is 0 Å². The highest BCUT2D eigenvalue weighted by atomic mass is 19.4. The Kier molecular flexibility index (Phi) is 5.78. The van der Waals surface area contributed by atoms with Crippen LogP contribution in [0.3, 0.4) is 0 Å². The molecule has 0 bridgehead atoms. The Balaban J connectivity index is 1.62. The second-order valence-electron chi connectivity index (χ2n) is 7.54. The van der Waals surface area contributed by atoms with Crippen molar-refractivity contribution in [3.8, 4) is 5.75 Å². The van der Waals surface area contributed by atoms with Crippen molar-refractivity contribution >= 4 is 0 Å². The smallest absolute Gasteiger partial charge is 0.399 e. The maximum atomic E-state index is 13.9. The molecular weight excluding hydrogens is 351 g/mol. The fourth-order valence-electron chi connectivity index (χ4n) is 4.18. The van der Waals surface area contributed by atoms with Crippen LogP contribution in [0, 0.1) is 35.3 Å². The van der Waals surface area contributed by atoms with Gasteiger partial charge in [0, 0.05) is 5.92 Å². The summed E-state index contributed by atoms with van der Waals surface area (Å²) >= 11 is 0. The van der Waals surface area contributed by atoms with Crippen molar-refractivity contribution in [3.63, 3.8) is 0 Å². The largest absolute Gasteiger partial charge is 0.573 e. The van der Waals surface area contributed by atoms with E-state index in [1.54, 1.807) is 5.92 Å². The minimum Gasteiger partial charge on any atom is -0.399 e. The van der Waals surface area contributed by atoms with Crippen LogP contribution in [-0.2, 0) is 0 Å². The lowest BCUT2D eigenvalue weighted by Crippen LogP contribution is -2.24. The van der Waals surface area contributed by atoms with Crippen molar-refractivity contribution in [1.29, 1.82) is 0 Å². The molecule has 2 aliphatic carbocycles. The molecule has 2 aliphatic rings. The fraction of sp³-hybridized carbons (Fsp3) is 0.600. The molecular formula is C20H23F5O. The van der Waals surface area contributed by atoms with Crippen LogP contribution in [0.5, 0.6) is 5.75 Å². The molecule has 0 saturated heterocycles. The van der Waals surface area contributed by atoms with E-state index in [4.69, 9.17) is 0 Å². The van der Waals surface area contributed by atoms with Gasteiger partial charge in [-0.25, -0.2) is 8.78 Å². The third-order valence-corrected chi connectivity index (χ3v) is 5.71. The van der Waals surface area contributed by atoms with Gasteiger partial charge in [-0.3, -0.25) is 0 Å². The topological polar surface area (TPSA) is 9.23 Å². The van der Waals surface area contributed by atoms with E-state index in [0.717, 1.165) is 49.7 Å². The second kappa shape index (κ2) is 7.73. The maximum Gasteiger partial charge on any atom is 0.573 e. The minimum absolute atomic E-state index is 0.343. The summed E-state index contributed by atoms with van der Waals surface area (Å²) in [4.78, 5) is 0. The van der Waals surface area contributed by atoms with Crippen LogP contribution < -0.4 is 4.74 Å². The summed E-state index contributed by atoms with van der Waals surface area (Å²) in [6, 6.07) is 1.91. The Hall–Kier alpha value is -1.33. The van der Waals surface area contributed by atoms with Gasteiger partial charge in [-0.2, -0.15) is 0 Å². The average molecular weight is 374 g/mol. The summed E-state index contributed by atoms with van der Waals surface area (Å²) < 4.78 is 68.0. The van der Waals surface area contributed by atoms with Crippen molar-refractivity contribution in [1.82, 2.24) is 0 Å². The third kappa shape index (κ3) is 4.68. The van der Waals surface area contributed by atoms with Gasteiger partial charge in [-0.15, -0.1) is 13.2 Å². The van der Waals surface area contributed by atoms with Crippen LogP contribution in [0.15, 0.2) is 12.1 Å². The van der Waals surface area contributed by atoms with Crippen molar-refractivity contribution < 1.29 is 26.7 Å². The highest BCUT2D eigenvalue weighted by molar-refractivity contribution is 5.39. The van der Waals surface area contributed by atoms with Crippen molar-refractivity contribution in [2.45, 2.75) is 64.7 Å². The first kappa shape index (κ1) is 19.4. The molecule has 1 nitrogen and oxygen atoms in total. The normalized spacial score (nSPS) is 21.9. The lowest BCUT2D eigenvalue weighted by Gasteiger charge is -2.36. The first-order valence-corrected chi connectivity index (χ1v) is 9.17. The molecule has 0 aromatic heterocycles. The standard InChI is InChI=1S/C20H23F5O/c1-12-2-4-13(5-3-12)14-6-8-15(9-7-14)16-10-17(21)19(18(22)11-16)26-20(23,24)25/h10-12,14H,2-9H2,1H3. The van der Waals surface area contributed by atoms with Gasteiger partial charge >= 0.3 is 6.36 Å². The van der Waals surface area contributed by atoms with Crippen LogP contribution >= 0.6 is 0 Å². The number of halogens is 5. The quantitative estimate of drug-likeness (QED) is 0.531. The number of hydrogen-bond acceptors (Lipinski definition) is 1. The van der Waals surface area contributed by atoms with E-state index in [2.05, 4.69) is 11.7 Å². The number of alkyl halides is 3. The molecule has 0 unspecified atom stereocenters. The fourth-order valence-corrected chi connectivity index (χ4v) is 4.18. The van der Waals surface area contributed by atoms with E-state index < -0.39 is 23.7 Å². The first-order chi connectivity index (χ1) is 12.2. The van der Waals surface area contributed by atoms with Crippen molar-refractivity contribution in [3.05, 3.63) is 41.2 Å². The predicted octanol–water partition coefficient (Wildman–Crippen LogP) is 6.76. The molecule has 0 amide bonds. The van der Waals surface area contributed by atoms with Gasteiger partial charge in [-0.1, -0.05) is 19.8 Å². The van der Waals surface area contributed by atoms with Crippen LogP contribution in [0.2, 0.25) is 0 Å². The molecule has 2 radical (unpaired) electrons. The Morgan fingerprint density at radius 2 is 1.42 bits per heavy atom. The maximum absolute atomic E-state index is 13.9. The van der Waals surface area contributed by atoms with Crippen molar-refractivity contribution in [2.75, 3.05) is 0 Å². The summed E-state index contributed by atoms with van der Waals surface area (Å²) in [5.74, 6) is -0.148. The van der Waals surface area contributed by atoms with E-state index in [9.17, 15) is 22.0 Å². The number of benzene rings is 1. The van der Waals surface area contributed by atoms with Crippen LogP contribution in [0.25, 0.3) is 0 Å². The molecule has 3 rings (SSSR count). The Morgan fingerprint density at radius 3 is 1.92 bits per heavy atom. The summed E-state index contributed by atoms with van der Waals surface area (Å²) in [6.45, 7) is 2.28. The van der Waals surface area contributed by atoms with Gasteiger partial charge in [0.05, 0.1) is 0 Å². The molecule has 0 N–H and O–H groups in total. The zero-order chi connectivity index (χ0) is 18.9. The lowest BCUT2D eigenvalue weighted by molar-refractivity contribution is -0.276. The van der Waals surface area contributed by atoms with Gasteiger partial charge in [0.15, 0.2) is 11.6 Å². The molecule has 0 aliphatic heterocycles. The molecule has 144 valence electrons. The Bertz CT molecular complexity index is 588. The molecule has 0 atom stereocenters. The molecule has 0 heterocycles. The van der Waals surface area contributed by atoms with E-state index in [1.807, 2.05) is 0 Å². The molecule has 6 heteroatoms. The average Bonchev–Trinajstić information content (AvgIpc) is 2.58. The number of rotatable bonds is 3. The molecule has 1 aromatic rings. The number of ether oxygens (including phenoxy) is 1. The van der Waals surface area contributed by atoms with Crippen LogP contribution in [-0.4, -0.2) is 6.36 Å². The zero-order valence-electron chi connectivity index (χ0n) is 14.8. The van der Waals surface area contributed by atoms with Crippen LogP contribution in [0.4, 0.5) is 22.0 Å². The van der Waals surface area contributed by atoms with Gasteiger partial charge in [0.25, 0.3) is 0 Å². The van der Waals surface area contributed by atoms with Crippen LogP contribution in [0.1, 0.15) is 63.9 Å². The Labute approximate surface area is 150 Å². The van der Waals surface area contributed by atoms with Gasteiger partial charge in [-0.05, 0) is 74.0 Å². The van der Waals surface area contributed by atoms with E-state index in [0.29, 0.717) is 11.5 Å². The molecule has 0 spiro atoms. The predicted molar refractivity (Wildman–Crippen MR) is 88.2 cm³/mol. The van der Waals surface area contributed by atoms with Gasteiger partial charge < -0.3 is 4.74 Å². The van der Waals surface area contributed by atoms with Gasteiger partial charge in [0.1, 0.15) is 0 Å². The summed E-state index contributed by atoms with van der Waals surface area (Å²) in [5.41, 5.74) is 0.343. The summed E-state index contributed by atoms with van der Waals surface area (Å²) in [6.07, 6.45) is 3.04. The molecule has 26 heavy (non-hydrogen) atoms. The first-order valence-electron chi connectivity index (χ1n) is 9.17. The summed E-state index contributed by atoms with van der Waals surface area (Å²) in [7, 11) is 0. The van der Waals surface area contributed by atoms with Gasteiger partial charge in [0.2, 0.25) is 5.75 Å². The highest BCUT2D eigenvalue weighted by Gasteiger charge is 2.35. The lowest BCUT2D eigenvalue weighted by atomic mass is 9.68. The monoisotopic (exact) mass is 374 g/mol.